The lowest BCUT2D eigenvalue weighted by Gasteiger charge is -2.11. The van der Waals surface area contributed by atoms with Gasteiger partial charge in [0.15, 0.2) is 6.61 Å². The molecule has 0 radical (unpaired) electrons. The zero-order valence-electron chi connectivity index (χ0n) is 17.5. The van der Waals surface area contributed by atoms with Crippen molar-refractivity contribution in [3.63, 3.8) is 0 Å². The van der Waals surface area contributed by atoms with E-state index in [9.17, 15) is 10.1 Å². The molecule has 8 heteroatoms. The van der Waals surface area contributed by atoms with Crippen LogP contribution in [0.25, 0.3) is 17.5 Å². The molecule has 0 saturated carbocycles. The number of rotatable bonds is 8. The molecular weight excluding hydrogens is 396 g/mol. The van der Waals surface area contributed by atoms with E-state index in [-0.39, 0.29) is 18.1 Å². The van der Waals surface area contributed by atoms with Gasteiger partial charge in [0.05, 0.1) is 12.2 Å². The van der Waals surface area contributed by atoms with Crippen LogP contribution in [0.3, 0.4) is 0 Å². The molecular formula is C23H22N4O4. The van der Waals surface area contributed by atoms with E-state index in [2.05, 4.69) is 10.1 Å². The fourth-order valence-electron chi connectivity index (χ4n) is 2.73. The van der Waals surface area contributed by atoms with Gasteiger partial charge in [-0.05, 0) is 42.8 Å². The van der Waals surface area contributed by atoms with Gasteiger partial charge in [0, 0.05) is 19.8 Å². The van der Waals surface area contributed by atoms with Gasteiger partial charge in [-0.3, -0.25) is 0 Å². The van der Waals surface area contributed by atoms with E-state index >= 15 is 0 Å². The minimum Gasteiger partial charge on any atom is -0.493 e. The Bertz CT molecular complexity index is 1110. The first-order valence-corrected chi connectivity index (χ1v) is 9.63. The molecule has 0 aliphatic carbocycles. The molecule has 0 amide bonds. The first kappa shape index (κ1) is 21.6. The van der Waals surface area contributed by atoms with E-state index in [1.54, 1.807) is 0 Å². The number of aromatic nitrogens is 2. The highest BCUT2D eigenvalue weighted by atomic mass is 16.6. The van der Waals surface area contributed by atoms with Crippen LogP contribution in [-0.4, -0.2) is 36.8 Å². The van der Waals surface area contributed by atoms with Crippen LogP contribution >= 0.6 is 0 Å². The highest BCUT2D eigenvalue weighted by Crippen LogP contribution is 2.27. The second-order valence-electron chi connectivity index (χ2n) is 6.67. The third kappa shape index (κ3) is 5.48. The number of nitriles is 1. The summed E-state index contributed by atoms with van der Waals surface area (Å²) in [5.41, 5.74) is 2.27. The molecule has 3 rings (SSSR count). The normalized spacial score (nSPS) is 11.0. The lowest BCUT2D eigenvalue weighted by atomic mass is 10.1. The molecule has 0 fully saturated rings. The predicted molar refractivity (Wildman–Crippen MR) is 115 cm³/mol. The topological polar surface area (TPSA) is 101 Å². The molecule has 0 unspecified atom stereocenters. The zero-order chi connectivity index (χ0) is 22.2. The third-order valence-corrected chi connectivity index (χ3v) is 4.28. The largest absolute Gasteiger partial charge is 0.493 e. The van der Waals surface area contributed by atoms with Crippen LogP contribution in [0.4, 0.5) is 5.69 Å². The number of anilines is 1. The molecule has 0 atom stereocenters. The Balaban J connectivity index is 1.67. The quantitative estimate of drug-likeness (QED) is 0.309. The Morgan fingerprint density at radius 2 is 1.94 bits per heavy atom. The molecule has 0 saturated heterocycles. The first-order chi connectivity index (χ1) is 15.0. The number of hydrogen-bond donors (Lipinski definition) is 0. The minimum absolute atomic E-state index is 0.113. The predicted octanol–water partition coefficient (Wildman–Crippen LogP) is 3.85. The fourth-order valence-corrected chi connectivity index (χ4v) is 2.73. The summed E-state index contributed by atoms with van der Waals surface area (Å²) in [4.78, 5) is 18.5. The van der Waals surface area contributed by atoms with Crippen molar-refractivity contribution in [3.05, 3.63) is 65.6 Å². The van der Waals surface area contributed by atoms with Crippen molar-refractivity contribution in [2.75, 3.05) is 25.6 Å². The Hall–Kier alpha value is -4.12. The zero-order valence-corrected chi connectivity index (χ0v) is 17.5. The molecule has 3 aromatic rings. The maximum atomic E-state index is 12.3. The summed E-state index contributed by atoms with van der Waals surface area (Å²) in [6, 6.07) is 16.6. The van der Waals surface area contributed by atoms with Crippen LogP contribution in [0, 0.1) is 11.3 Å². The van der Waals surface area contributed by atoms with E-state index in [0.29, 0.717) is 29.3 Å². The summed E-state index contributed by atoms with van der Waals surface area (Å²) in [5.74, 6) is 0.299. The van der Waals surface area contributed by atoms with Crippen molar-refractivity contribution in [2.45, 2.75) is 13.5 Å². The average Bonchev–Trinajstić information content (AvgIpc) is 3.25. The van der Waals surface area contributed by atoms with E-state index in [4.69, 9.17) is 14.0 Å². The van der Waals surface area contributed by atoms with Gasteiger partial charge in [-0.2, -0.15) is 10.2 Å². The van der Waals surface area contributed by atoms with Gasteiger partial charge in [-0.15, -0.1) is 0 Å². The molecule has 0 aliphatic heterocycles. The van der Waals surface area contributed by atoms with Gasteiger partial charge >= 0.3 is 5.97 Å². The average molecular weight is 418 g/mol. The highest BCUT2D eigenvalue weighted by Gasteiger charge is 2.16. The number of nitrogens with zero attached hydrogens (tertiary/aromatic N) is 4. The number of carbonyl (C=O) groups excluding carboxylic acids is 1. The van der Waals surface area contributed by atoms with E-state index in [0.717, 1.165) is 5.69 Å². The fraction of sp³-hybridized carbons (Fsp3) is 0.217. The monoisotopic (exact) mass is 418 g/mol. The van der Waals surface area contributed by atoms with Crippen LogP contribution in [0.15, 0.2) is 58.6 Å². The number of para-hydroxylation sites is 1. The van der Waals surface area contributed by atoms with Crippen molar-refractivity contribution < 1.29 is 18.8 Å². The van der Waals surface area contributed by atoms with Crippen molar-refractivity contribution in [1.82, 2.24) is 10.1 Å². The SMILES string of the molecule is CCOc1ccccc1-c1noc(COC(=O)/C(C#N)=C\c2ccc(N(C)C)cc2)n1. The number of hydrogen-bond acceptors (Lipinski definition) is 8. The maximum absolute atomic E-state index is 12.3. The third-order valence-electron chi connectivity index (χ3n) is 4.28. The highest BCUT2D eigenvalue weighted by molar-refractivity contribution is 5.97. The minimum atomic E-state index is -0.770. The van der Waals surface area contributed by atoms with Crippen LogP contribution in [0.5, 0.6) is 5.75 Å². The molecule has 1 heterocycles. The van der Waals surface area contributed by atoms with Gasteiger partial charge in [-0.1, -0.05) is 29.4 Å². The van der Waals surface area contributed by atoms with Crippen molar-refractivity contribution >= 4 is 17.7 Å². The smallest absolute Gasteiger partial charge is 0.349 e. The summed E-state index contributed by atoms with van der Waals surface area (Å²) in [6.45, 7) is 2.14. The Morgan fingerprint density at radius 3 is 2.61 bits per heavy atom. The van der Waals surface area contributed by atoms with E-state index in [1.807, 2.05) is 80.5 Å². The first-order valence-electron chi connectivity index (χ1n) is 9.63. The van der Waals surface area contributed by atoms with Gasteiger partial charge in [0.1, 0.15) is 17.4 Å². The maximum Gasteiger partial charge on any atom is 0.349 e. The standard InChI is InChI=1S/C23H22N4O4/c1-4-29-20-8-6-5-7-19(20)22-25-21(31-26-22)15-30-23(28)17(14-24)13-16-9-11-18(12-10-16)27(2)3/h5-13H,4,15H2,1-3H3/b17-13-. The number of carbonyl (C=O) groups is 1. The molecule has 0 bridgehead atoms. The summed E-state index contributed by atoms with van der Waals surface area (Å²) in [5, 5.41) is 13.3. The summed E-state index contributed by atoms with van der Waals surface area (Å²) < 4.78 is 15.9. The van der Waals surface area contributed by atoms with Crippen LogP contribution in [-0.2, 0) is 16.1 Å². The number of benzene rings is 2. The van der Waals surface area contributed by atoms with E-state index < -0.39 is 5.97 Å². The molecule has 0 aliphatic rings. The van der Waals surface area contributed by atoms with Crippen molar-refractivity contribution in [1.29, 1.82) is 5.26 Å². The molecule has 8 nitrogen and oxygen atoms in total. The summed E-state index contributed by atoms with van der Waals surface area (Å²) >= 11 is 0. The number of ether oxygens (including phenoxy) is 2. The molecule has 1 aromatic heterocycles. The number of esters is 1. The van der Waals surface area contributed by atoms with E-state index in [1.165, 1.54) is 6.08 Å². The van der Waals surface area contributed by atoms with Crippen LogP contribution in [0.1, 0.15) is 18.4 Å². The van der Waals surface area contributed by atoms with Crippen molar-refractivity contribution in [3.8, 4) is 23.2 Å². The van der Waals surface area contributed by atoms with Gasteiger partial charge < -0.3 is 18.9 Å². The molecule has 158 valence electrons. The van der Waals surface area contributed by atoms with Gasteiger partial charge in [0.25, 0.3) is 5.89 Å². The Morgan fingerprint density at radius 1 is 1.19 bits per heavy atom. The van der Waals surface area contributed by atoms with Gasteiger partial charge in [-0.25, -0.2) is 4.79 Å². The summed E-state index contributed by atoms with van der Waals surface area (Å²) in [7, 11) is 3.86. The van der Waals surface area contributed by atoms with Crippen LogP contribution in [0.2, 0.25) is 0 Å². The van der Waals surface area contributed by atoms with Gasteiger partial charge in [0.2, 0.25) is 5.82 Å². The molecule has 2 aromatic carbocycles. The second kappa shape index (κ2) is 10.1. The molecule has 31 heavy (non-hydrogen) atoms. The van der Waals surface area contributed by atoms with Crippen molar-refractivity contribution in [2.24, 2.45) is 0 Å². The molecule has 0 N–H and O–H groups in total. The Kier molecular flexibility index (Phi) is 7.01. The van der Waals surface area contributed by atoms with Crippen LogP contribution < -0.4 is 9.64 Å². The molecule has 0 spiro atoms. The summed E-state index contributed by atoms with van der Waals surface area (Å²) in [6.07, 6.45) is 1.47. The second-order valence-corrected chi connectivity index (χ2v) is 6.67. The lowest BCUT2D eigenvalue weighted by molar-refractivity contribution is -0.140. The Labute approximate surface area is 180 Å². The lowest BCUT2D eigenvalue weighted by Crippen LogP contribution is -2.08.